The zero-order chi connectivity index (χ0) is 13.3. The van der Waals surface area contributed by atoms with Gasteiger partial charge in [-0.3, -0.25) is 0 Å². The standard InChI is InChI=1S/C10H19F4NO2/c1-3-16-8(17-4-2)5-6-15-7-10(13,14)9(11)12/h8-9,15H,3-7H2,1-2H3. The Labute approximate surface area is 98.5 Å². The molecule has 0 aliphatic carbocycles. The number of nitrogens with one attached hydrogen (secondary N) is 1. The highest BCUT2D eigenvalue weighted by Gasteiger charge is 2.39. The first-order valence-corrected chi connectivity index (χ1v) is 5.53. The SMILES string of the molecule is CCOC(CCNCC(F)(F)C(F)F)OCC. The molecule has 0 saturated heterocycles. The highest BCUT2D eigenvalue weighted by molar-refractivity contribution is 4.72. The molecule has 0 aromatic heterocycles. The van der Waals surface area contributed by atoms with Gasteiger partial charge in [-0.1, -0.05) is 0 Å². The summed E-state index contributed by atoms with van der Waals surface area (Å²) >= 11 is 0. The van der Waals surface area contributed by atoms with Crippen molar-refractivity contribution in [1.82, 2.24) is 5.32 Å². The van der Waals surface area contributed by atoms with E-state index in [0.29, 0.717) is 19.6 Å². The molecule has 0 aliphatic rings. The lowest BCUT2D eigenvalue weighted by Crippen LogP contribution is -2.40. The van der Waals surface area contributed by atoms with Gasteiger partial charge in [0, 0.05) is 26.2 Å². The van der Waals surface area contributed by atoms with Gasteiger partial charge in [-0.2, -0.15) is 8.78 Å². The topological polar surface area (TPSA) is 30.5 Å². The normalized spacial score (nSPS) is 12.7. The molecule has 0 heterocycles. The quantitative estimate of drug-likeness (QED) is 0.372. The molecule has 0 atom stereocenters. The van der Waals surface area contributed by atoms with E-state index in [4.69, 9.17) is 9.47 Å². The Morgan fingerprint density at radius 2 is 1.65 bits per heavy atom. The van der Waals surface area contributed by atoms with Crippen LogP contribution in [0, 0.1) is 0 Å². The average molecular weight is 261 g/mol. The molecular formula is C10H19F4NO2. The maximum absolute atomic E-state index is 12.5. The second-order valence-corrected chi connectivity index (χ2v) is 3.37. The summed E-state index contributed by atoms with van der Waals surface area (Å²) in [7, 11) is 0. The fraction of sp³-hybridized carbons (Fsp3) is 1.00. The van der Waals surface area contributed by atoms with Crippen LogP contribution in [0.1, 0.15) is 20.3 Å². The lowest BCUT2D eigenvalue weighted by molar-refractivity contribution is -0.142. The van der Waals surface area contributed by atoms with Crippen LogP contribution >= 0.6 is 0 Å². The molecule has 0 aromatic carbocycles. The van der Waals surface area contributed by atoms with Crippen molar-refractivity contribution in [3.8, 4) is 0 Å². The van der Waals surface area contributed by atoms with Crippen molar-refractivity contribution in [3.63, 3.8) is 0 Å². The molecule has 0 amide bonds. The Balaban J connectivity index is 3.74. The van der Waals surface area contributed by atoms with Crippen molar-refractivity contribution in [2.45, 2.75) is 38.9 Å². The number of halogens is 4. The fourth-order valence-electron chi connectivity index (χ4n) is 1.14. The lowest BCUT2D eigenvalue weighted by Gasteiger charge is -2.19. The Kier molecular flexibility index (Phi) is 8.45. The predicted octanol–water partition coefficient (Wildman–Crippen LogP) is 2.27. The summed E-state index contributed by atoms with van der Waals surface area (Å²) < 4.78 is 58.9. The van der Waals surface area contributed by atoms with Crippen molar-refractivity contribution in [2.75, 3.05) is 26.3 Å². The van der Waals surface area contributed by atoms with Gasteiger partial charge in [-0.05, 0) is 13.8 Å². The highest BCUT2D eigenvalue weighted by atomic mass is 19.3. The minimum atomic E-state index is -3.99. The molecule has 17 heavy (non-hydrogen) atoms. The first-order valence-electron chi connectivity index (χ1n) is 5.53. The van der Waals surface area contributed by atoms with Crippen LogP contribution in [-0.2, 0) is 9.47 Å². The van der Waals surface area contributed by atoms with E-state index in [9.17, 15) is 17.6 Å². The molecule has 1 N–H and O–H groups in total. The predicted molar refractivity (Wildman–Crippen MR) is 55.5 cm³/mol. The molecule has 104 valence electrons. The number of rotatable bonds is 10. The average Bonchev–Trinajstić information content (AvgIpc) is 2.24. The maximum Gasteiger partial charge on any atom is 0.319 e. The Hall–Kier alpha value is -0.400. The molecule has 0 aliphatic heterocycles. The maximum atomic E-state index is 12.5. The lowest BCUT2D eigenvalue weighted by atomic mass is 10.3. The van der Waals surface area contributed by atoms with Crippen LogP contribution in [0.15, 0.2) is 0 Å². The van der Waals surface area contributed by atoms with Crippen LogP contribution in [0.3, 0.4) is 0 Å². The highest BCUT2D eigenvalue weighted by Crippen LogP contribution is 2.21. The third kappa shape index (κ3) is 7.51. The number of hydrogen-bond donors (Lipinski definition) is 1. The van der Waals surface area contributed by atoms with E-state index in [0.717, 1.165) is 0 Å². The van der Waals surface area contributed by atoms with E-state index in [1.54, 1.807) is 13.8 Å². The Morgan fingerprint density at radius 3 is 2.06 bits per heavy atom. The number of alkyl halides is 4. The van der Waals surface area contributed by atoms with Crippen LogP contribution in [-0.4, -0.2) is 44.9 Å². The molecule has 3 nitrogen and oxygen atoms in total. The third-order valence-electron chi connectivity index (χ3n) is 1.94. The first kappa shape index (κ1) is 16.6. The molecule has 0 fully saturated rings. The van der Waals surface area contributed by atoms with Crippen molar-refractivity contribution in [2.24, 2.45) is 0 Å². The first-order chi connectivity index (χ1) is 7.94. The Morgan fingerprint density at radius 1 is 1.12 bits per heavy atom. The van der Waals surface area contributed by atoms with Crippen LogP contribution in [0.5, 0.6) is 0 Å². The largest absolute Gasteiger partial charge is 0.353 e. The van der Waals surface area contributed by atoms with Crippen molar-refractivity contribution >= 4 is 0 Å². The molecule has 0 unspecified atom stereocenters. The van der Waals surface area contributed by atoms with Gasteiger partial charge in [0.15, 0.2) is 6.29 Å². The molecule has 0 radical (unpaired) electrons. The molecule has 0 rings (SSSR count). The van der Waals surface area contributed by atoms with Gasteiger partial charge in [0.05, 0.1) is 6.54 Å². The molecule has 7 heteroatoms. The van der Waals surface area contributed by atoms with Crippen molar-refractivity contribution < 1.29 is 27.0 Å². The van der Waals surface area contributed by atoms with Gasteiger partial charge in [0.25, 0.3) is 0 Å². The van der Waals surface area contributed by atoms with Gasteiger partial charge in [0.1, 0.15) is 0 Å². The number of ether oxygens (including phenoxy) is 2. The van der Waals surface area contributed by atoms with Gasteiger partial charge in [0.2, 0.25) is 0 Å². The van der Waals surface area contributed by atoms with Gasteiger partial charge in [-0.15, -0.1) is 0 Å². The van der Waals surface area contributed by atoms with E-state index in [1.807, 2.05) is 0 Å². The summed E-state index contributed by atoms with van der Waals surface area (Å²) in [5.74, 6) is -3.99. The minimum Gasteiger partial charge on any atom is -0.353 e. The second kappa shape index (κ2) is 8.66. The summed E-state index contributed by atoms with van der Waals surface area (Å²) in [5.41, 5.74) is 0. The monoisotopic (exact) mass is 261 g/mol. The van der Waals surface area contributed by atoms with Crippen LogP contribution < -0.4 is 5.32 Å². The fourth-order valence-corrected chi connectivity index (χ4v) is 1.14. The third-order valence-corrected chi connectivity index (χ3v) is 1.94. The van der Waals surface area contributed by atoms with Crippen molar-refractivity contribution in [3.05, 3.63) is 0 Å². The van der Waals surface area contributed by atoms with Crippen molar-refractivity contribution in [1.29, 1.82) is 0 Å². The zero-order valence-corrected chi connectivity index (χ0v) is 10.0. The van der Waals surface area contributed by atoms with Crippen LogP contribution in [0.2, 0.25) is 0 Å². The molecule has 0 saturated carbocycles. The van der Waals surface area contributed by atoms with Gasteiger partial charge < -0.3 is 14.8 Å². The Bertz CT molecular complexity index is 187. The molecule has 0 aromatic rings. The van der Waals surface area contributed by atoms with E-state index in [2.05, 4.69) is 5.32 Å². The van der Waals surface area contributed by atoms with E-state index in [1.165, 1.54) is 0 Å². The molecular weight excluding hydrogens is 242 g/mol. The zero-order valence-electron chi connectivity index (χ0n) is 10.0. The summed E-state index contributed by atoms with van der Waals surface area (Å²) in [6.07, 6.45) is -3.80. The molecule has 0 bridgehead atoms. The number of hydrogen-bond acceptors (Lipinski definition) is 3. The van der Waals surface area contributed by atoms with Gasteiger partial charge in [-0.25, -0.2) is 8.78 Å². The minimum absolute atomic E-state index is 0.132. The summed E-state index contributed by atoms with van der Waals surface area (Å²) in [6.45, 7) is 3.53. The van der Waals surface area contributed by atoms with Crippen LogP contribution in [0.4, 0.5) is 17.6 Å². The van der Waals surface area contributed by atoms with E-state index >= 15 is 0 Å². The summed E-state index contributed by atoms with van der Waals surface area (Å²) in [6, 6.07) is 0. The van der Waals surface area contributed by atoms with Gasteiger partial charge >= 0.3 is 12.3 Å². The van der Waals surface area contributed by atoms with E-state index < -0.39 is 25.2 Å². The molecule has 0 spiro atoms. The second-order valence-electron chi connectivity index (χ2n) is 3.37. The summed E-state index contributed by atoms with van der Waals surface area (Å²) in [4.78, 5) is 0. The van der Waals surface area contributed by atoms with E-state index in [-0.39, 0.29) is 6.54 Å². The van der Waals surface area contributed by atoms with Crippen LogP contribution in [0.25, 0.3) is 0 Å². The summed E-state index contributed by atoms with van der Waals surface area (Å²) in [5, 5.41) is 2.26. The smallest absolute Gasteiger partial charge is 0.319 e.